The van der Waals surface area contributed by atoms with E-state index in [1.807, 2.05) is 6.92 Å². The van der Waals surface area contributed by atoms with Crippen molar-refractivity contribution in [3.8, 4) is 17.2 Å². The molecule has 0 saturated heterocycles. The zero-order valence-electron chi connectivity index (χ0n) is 18.9. The second-order valence-electron chi connectivity index (χ2n) is 7.01. The van der Waals surface area contributed by atoms with Crippen LogP contribution in [-0.2, 0) is 14.8 Å². The molecule has 8 nitrogen and oxygen atoms in total. The summed E-state index contributed by atoms with van der Waals surface area (Å²) in [6.07, 6.45) is 0. The number of anilines is 2. The first kappa shape index (κ1) is 25.2. The van der Waals surface area contributed by atoms with Crippen molar-refractivity contribution in [3.63, 3.8) is 0 Å². The Balaban J connectivity index is 1.95. The van der Waals surface area contributed by atoms with Crippen LogP contribution >= 0.6 is 11.6 Å². The predicted octanol–water partition coefficient (Wildman–Crippen LogP) is 4.59. The smallest absolute Gasteiger partial charge is 0.264 e. The third-order valence-electron chi connectivity index (χ3n) is 4.81. The van der Waals surface area contributed by atoms with Crippen LogP contribution in [0.2, 0.25) is 5.02 Å². The molecule has 1 amide bonds. The fourth-order valence-electron chi connectivity index (χ4n) is 3.16. The Kier molecular flexibility index (Phi) is 8.25. The second kappa shape index (κ2) is 11.1. The van der Waals surface area contributed by atoms with Crippen molar-refractivity contribution in [2.75, 3.05) is 37.0 Å². The average Bonchev–Trinajstić information content (AvgIpc) is 2.83. The molecular weight excluding hydrogens is 480 g/mol. The van der Waals surface area contributed by atoms with Gasteiger partial charge in [-0.3, -0.25) is 9.10 Å². The number of carbonyl (C=O) groups is 1. The van der Waals surface area contributed by atoms with Crippen LogP contribution in [0.15, 0.2) is 71.6 Å². The molecule has 0 aliphatic rings. The minimum Gasteiger partial charge on any atom is -0.497 e. The fraction of sp³-hybridized carbons (Fsp3) is 0.208. The number of rotatable bonds is 10. The summed E-state index contributed by atoms with van der Waals surface area (Å²) in [5, 5.41) is 3.10. The highest BCUT2D eigenvalue weighted by Gasteiger charge is 2.27. The monoisotopic (exact) mass is 504 g/mol. The van der Waals surface area contributed by atoms with Crippen molar-refractivity contribution < 1.29 is 27.4 Å². The van der Waals surface area contributed by atoms with Crippen molar-refractivity contribution in [2.24, 2.45) is 0 Å². The van der Waals surface area contributed by atoms with Crippen LogP contribution in [0.4, 0.5) is 11.4 Å². The summed E-state index contributed by atoms with van der Waals surface area (Å²) in [5.74, 6) is 0.925. The van der Waals surface area contributed by atoms with Crippen LogP contribution < -0.4 is 23.8 Å². The Morgan fingerprint density at radius 2 is 1.59 bits per heavy atom. The number of hydrogen-bond acceptors (Lipinski definition) is 6. The summed E-state index contributed by atoms with van der Waals surface area (Å²) in [4.78, 5) is 13.0. The minimum absolute atomic E-state index is 0.00227. The van der Waals surface area contributed by atoms with E-state index in [9.17, 15) is 13.2 Å². The molecule has 0 bridgehead atoms. The summed E-state index contributed by atoms with van der Waals surface area (Å²) in [7, 11) is -1.13. The van der Waals surface area contributed by atoms with Gasteiger partial charge in [0.1, 0.15) is 23.8 Å². The van der Waals surface area contributed by atoms with Crippen LogP contribution in [0.3, 0.4) is 0 Å². The highest BCUT2D eigenvalue weighted by Crippen LogP contribution is 2.30. The quantitative estimate of drug-likeness (QED) is 0.434. The summed E-state index contributed by atoms with van der Waals surface area (Å²) < 4.78 is 43.9. The number of sulfonamides is 1. The molecule has 1 N–H and O–H groups in total. The van der Waals surface area contributed by atoms with Gasteiger partial charge in [-0.1, -0.05) is 11.6 Å². The molecular formula is C24H25ClN2O6S. The van der Waals surface area contributed by atoms with E-state index >= 15 is 0 Å². The van der Waals surface area contributed by atoms with Crippen LogP contribution in [0.5, 0.6) is 17.2 Å². The SMILES string of the molecule is CCOc1ccc(N(CC(=O)Nc2cc(OC)ccc2OC)S(=O)(=O)c2ccc(Cl)cc2)cc1. The highest BCUT2D eigenvalue weighted by atomic mass is 35.5. The first-order valence-electron chi connectivity index (χ1n) is 10.3. The Morgan fingerprint density at radius 3 is 2.18 bits per heavy atom. The third-order valence-corrected chi connectivity index (χ3v) is 6.85. The van der Waals surface area contributed by atoms with Gasteiger partial charge in [0.05, 0.1) is 37.1 Å². The summed E-state index contributed by atoms with van der Waals surface area (Å²) in [6.45, 7) is 1.83. The predicted molar refractivity (Wildman–Crippen MR) is 132 cm³/mol. The van der Waals surface area contributed by atoms with E-state index in [0.717, 1.165) is 4.31 Å². The van der Waals surface area contributed by atoms with Crippen molar-refractivity contribution in [1.29, 1.82) is 0 Å². The molecule has 0 saturated carbocycles. The van der Waals surface area contributed by atoms with E-state index in [4.69, 9.17) is 25.8 Å². The van der Waals surface area contributed by atoms with E-state index in [-0.39, 0.29) is 4.90 Å². The standard InChI is InChI=1S/C24H25ClN2O6S/c1-4-33-19-9-7-18(8-10-19)27(34(29,30)21-12-5-17(25)6-13-21)16-24(28)26-22-15-20(31-2)11-14-23(22)32-3/h5-15H,4,16H2,1-3H3,(H,26,28). The maximum Gasteiger partial charge on any atom is 0.264 e. The first-order valence-corrected chi connectivity index (χ1v) is 12.1. The molecule has 3 rings (SSSR count). The first-order chi connectivity index (χ1) is 16.3. The van der Waals surface area contributed by atoms with Gasteiger partial charge in [-0.2, -0.15) is 0 Å². The van der Waals surface area contributed by atoms with Gasteiger partial charge in [0.15, 0.2) is 0 Å². The van der Waals surface area contributed by atoms with E-state index < -0.39 is 22.5 Å². The zero-order chi connectivity index (χ0) is 24.7. The Bertz CT molecular complexity index is 1230. The number of amides is 1. The number of nitrogens with one attached hydrogen (secondary N) is 1. The molecule has 3 aromatic carbocycles. The largest absolute Gasteiger partial charge is 0.497 e. The molecule has 34 heavy (non-hydrogen) atoms. The molecule has 0 aliphatic carbocycles. The Labute approximate surface area is 204 Å². The van der Waals surface area contributed by atoms with Gasteiger partial charge in [0.2, 0.25) is 5.91 Å². The van der Waals surface area contributed by atoms with Gasteiger partial charge in [-0.15, -0.1) is 0 Å². The van der Waals surface area contributed by atoms with E-state index in [1.165, 1.54) is 38.5 Å². The summed E-state index contributed by atoms with van der Waals surface area (Å²) >= 11 is 5.92. The molecule has 0 fully saturated rings. The number of halogens is 1. The number of hydrogen-bond donors (Lipinski definition) is 1. The Morgan fingerprint density at radius 1 is 0.941 bits per heavy atom. The average molecular weight is 505 g/mol. The lowest BCUT2D eigenvalue weighted by molar-refractivity contribution is -0.114. The van der Waals surface area contributed by atoms with Gasteiger partial charge < -0.3 is 19.5 Å². The van der Waals surface area contributed by atoms with Gasteiger partial charge in [0, 0.05) is 11.1 Å². The fourth-order valence-corrected chi connectivity index (χ4v) is 4.70. The second-order valence-corrected chi connectivity index (χ2v) is 9.31. The number of methoxy groups -OCH3 is 2. The maximum absolute atomic E-state index is 13.5. The normalized spacial score (nSPS) is 10.9. The van der Waals surface area contributed by atoms with Crippen LogP contribution in [0.1, 0.15) is 6.92 Å². The summed E-state index contributed by atoms with van der Waals surface area (Å²) in [6, 6.07) is 17.1. The van der Waals surface area contributed by atoms with E-state index in [0.29, 0.717) is 40.3 Å². The molecule has 0 spiro atoms. The molecule has 0 atom stereocenters. The number of benzene rings is 3. The van der Waals surface area contributed by atoms with Crippen molar-refractivity contribution in [2.45, 2.75) is 11.8 Å². The van der Waals surface area contributed by atoms with Gasteiger partial charge in [-0.25, -0.2) is 8.42 Å². The molecule has 10 heteroatoms. The minimum atomic E-state index is -4.09. The number of ether oxygens (including phenoxy) is 3. The molecule has 0 aromatic heterocycles. The lowest BCUT2D eigenvalue weighted by Crippen LogP contribution is -2.38. The van der Waals surface area contributed by atoms with Crippen LogP contribution in [0, 0.1) is 0 Å². The number of nitrogens with zero attached hydrogens (tertiary/aromatic N) is 1. The molecule has 0 radical (unpaired) electrons. The third kappa shape index (κ3) is 5.92. The molecule has 0 aliphatic heterocycles. The lowest BCUT2D eigenvalue weighted by atomic mass is 10.2. The summed E-state index contributed by atoms with van der Waals surface area (Å²) in [5.41, 5.74) is 0.647. The van der Waals surface area contributed by atoms with Crippen LogP contribution in [0.25, 0.3) is 0 Å². The van der Waals surface area contributed by atoms with E-state index in [1.54, 1.807) is 42.5 Å². The van der Waals surface area contributed by atoms with Crippen molar-refractivity contribution in [3.05, 3.63) is 71.8 Å². The topological polar surface area (TPSA) is 94.2 Å². The zero-order valence-corrected chi connectivity index (χ0v) is 20.5. The molecule has 0 unspecified atom stereocenters. The number of carbonyl (C=O) groups excluding carboxylic acids is 1. The molecule has 3 aromatic rings. The van der Waals surface area contributed by atoms with Gasteiger partial charge >= 0.3 is 0 Å². The lowest BCUT2D eigenvalue weighted by Gasteiger charge is -2.24. The van der Waals surface area contributed by atoms with E-state index in [2.05, 4.69) is 5.32 Å². The van der Waals surface area contributed by atoms with Crippen LogP contribution in [-0.4, -0.2) is 41.7 Å². The van der Waals surface area contributed by atoms with Crippen molar-refractivity contribution >= 4 is 38.9 Å². The maximum atomic E-state index is 13.5. The van der Waals surface area contributed by atoms with Crippen molar-refractivity contribution in [1.82, 2.24) is 0 Å². The Hall–Kier alpha value is -3.43. The molecule has 0 heterocycles. The van der Waals surface area contributed by atoms with Gasteiger partial charge in [0.25, 0.3) is 10.0 Å². The molecule has 180 valence electrons. The highest BCUT2D eigenvalue weighted by molar-refractivity contribution is 7.92. The van der Waals surface area contributed by atoms with Gasteiger partial charge in [-0.05, 0) is 67.6 Å².